The molecule has 0 spiro atoms. The second-order valence-corrected chi connectivity index (χ2v) is 5.62. The van der Waals surface area contributed by atoms with Gasteiger partial charge in [-0.1, -0.05) is 42.3 Å². The van der Waals surface area contributed by atoms with Gasteiger partial charge in [0.1, 0.15) is 0 Å². The van der Waals surface area contributed by atoms with Crippen molar-refractivity contribution in [3.8, 4) is 0 Å². The van der Waals surface area contributed by atoms with Crippen LogP contribution >= 0.6 is 11.6 Å². The molecular formula is C17H18ClNO3. The molecule has 1 aromatic rings. The molecular weight excluding hydrogens is 302 g/mol. The normalized spacial score (nSPS) is 20.5. The van der Waals surface area contributed by atoms with Gasteiger partial charge in [-0.15, -0.1) is 0 Å². The summed E-state index contributed by atoms with van der Waals surface area (Å²) in [5.41, 5.74) is 1.91. The fourth-order valence-electron chi connectivity index (χ4n) is 2.24. The van der Waals surface area contributed by atoms with Gasteiger partial charge in [0.15, 0.2) is 5.78 Å². The van der Waals surface area contributed by atoms with Crippen molar-refractivity contribution in [1.29, 1.82) is 0 Å². The van der Waals surface area contributed by atoms with Crippen molar-refractivity contribution in [2.24, 2.45) is 5.92 Å². The highest BCUT2D eigenvalue weighted by Gasteiger charge is 2.26. The molecule has 0 aliphatic heterocycles. The molecule has 5 heteroatoms. The average molecular weight is 320 g/mol. The van der Waals surface area contributed by atoms with Crippen LogP contribution in [0.3, 0.4) is 0 Å². The molecule has 2 unspecified atom stereocenters. The summed E-state index contributed by atoms with van der Waals surface area (Å²) in [6.45, 7) is 3.44. The summed E-state index contributed by atoms with van der Waals surface area (Å²) in [7, 11) is 0. The van der Waals surface area contributed by atoms with E-state index in [0.717, 1.165) is 12.0 Å². The Bertz CT molecular complexity index is 664. The lowest BCUT2D eigenvalue weighted by molar-refractivity contribution is -0.120. The largest absolute Gasteiger partial charge is 0.388 e. The van der Waals surface area contributed by atoms with Gasteiger partial charge in [0, 0.05) is 5.56 Å². The van der Waals surface area contributed by atoms with Crippen LogP contribution in [0, 0.1) is 5.92 Å². The van der Waals surface area contributed by atoms with Crippen LogP contribution in [0.4, 0.5) is 5.69 Å². The molecule has 2 rings (SSSR count). The Balaban J connectivity index is 2.17. The third kappa shape index (κ3) is 3.64. The van der Waals surface area contributed by atoms with Crippen LogP contribution in [0.2, 0.25) is 5.02 Å². The summed E-state index contributed by atoms with van der Waals surface area (Å²) in [4.78, 5) is 23.6. The maximum Gasteiger partial charge on any atom is 0.234 e. The summed E-state index contributed by atoms with van der Waals surface area (Å²) in [5.74, 6) is -1.08. The van der Waals surface area contributed by atoms with Gasteiger partial charge < -0.3 is 10.4 Å². The number of rotatable bonds is 4. The van der Waals surface area contributed by atoms with E-state index in [1.54, 1.807) is 24.3 Å². The molecule has 22 heavy (non-hydrogen) atoms. The summed E-state index contributed by atoms with van der Waals surface area (Å²) >= 11 is 6.09. The topological polar surface area (TPSA) is 66.4 Å². The van der Waals surface area contributed by atoms with E-state index in [0.29, 0.717) is 16.3 Å². The number of aliphatic hydroxyl groups excluding tert-OH is 1. The second-order valence-electron chi connectivity index (χ2n) is 5.21. The standard InChI is InChI=1S/C17H18ClNO3/c1-3-11-4-7-16(21)13(8-11)17(22)19-15-6-5-12(10(2)20)9-14(15)18/h4-9,13,16,21H,3H2,1-2H3,(H,19,22). The fourth-order valence-corrected chi connectivity index (χ4v) is 2.47. The van der Waals surface area contributed by atoms with Gasteiger partial charge in [-0.05, 0) is 31.5 Å². The minimum absolute atomic E-state index is 0.0943. The molecule has 4 nitrogen and oxygen atoms in total. The number of anilines is 1. The molecule has 0 saturated carbocycles. The quantitative estimate of drug-likeness (QED) is 0.836. The predicted molar refractivity (Wildman–Crippen MR) is 87.1 cm³/mol. The Morgan fingerprint density at radius 2 is 2.09 bits per heavy atom. The molecule has 0 fully saturated rings. The van der Waals surface area contributed by atoms with E-state index in [9.17, 15) is 14.7 Å². The lowest BCUT2D eigenvalue weighted by Crippen LogP contribution is -2.32. The fraction of sp³-hybridized carbons (Fsp3) is 0.294. The molecule has 0 bridgehead atoms. The molecule has 1 amide bonds. The number of nitrogens with one attached hydrogen (secondary N) is 1. The van der Waals surface area contributed by atoms with E-state index in [2.05, 4.69) is 5.32 Å². The SMILES string of the molecule is CCC1=CC(C(=O)Nc2ccc(C(C)=O)cc2Cl)C(O)C=C1. The molecule has 1 aliphatic carbocycles. The summed E-state index contributed by atoms with van der Waals surface area (Å²) < 4.78 is 0. The summed E-state index contributed by atoms with van der Waals surface area (Å²) in [6, 6.07) is 4.71. The maximum atomic E-state index is 12.3. The zero-order chi connectivity index (χ0) is 16.3. The highest BCUT2D eigenvalue weighted by molar-refractivity contribution is 6.34. The van der Waals surface area contributed by atoms with Crippen LogP contribution in [0.15, 0.2) is 42.0 Å². The van der Waals surface area contributed by atoms with Crippen LogP contribution in [0.25, 0.3) is 0 Å². The van der Waals surface area contributed by atoms with Gasteiger partial charge in [0.05, 0.1) is 22.7 Å². The van der Waals surface area contributed by atoms with E-state index in [-0.39, 0.29) is 11.7 Å². The van der Waals surface area contributed by atoms with Crippen molar-refractivity contribution in [2.75, 3.05) is 5.32 Å². The number of aliphatic hydroxyl groups is 1. The lowest BCUT2D eigenvalue weighted by Gasteiger charge is -2.21. The number of halogens is 1. The van der Waals surface area contributed by atoms with Crippen LogP contribution < -0.4 is 5.32 Å². The smallest absolute Gasteiger partial charge is 0.234 e. The van der Waals surface area contributed by atoms with Gasteiger partial charge in [0.2, 0.25) is 5.91 Å². The van der Waals surface area contributed by atoms with Gasteiger partial charge in [-0.3, -0.25) is 9.59 Å². The highest BCUT2D eigenvalue weighted by Crippen LogP contribution is 2.26. The number of amides is 1. The van der Waals surface area contributed by atoms with Crippen LogP contribution in [0.1, 0.15) is 30.6 Å². The minimum Gasteiger partial charge on any atom is -0.388 e. The monoisotopic (exact) mass is 319 g/mol. The number of benzene rings is 1. The first-order valence-corrected chi connectivity index (χ1v) is 7.48. The minimum atomic E-state index is -0.856. The first-order valence-electron chi connectivity index (χ1n) is 7.10. The zero-order valence-corrected chi connectivity index (χ0v) is 13.2. The first kappa shape index (κ1) is 16.5. The van der Waals surface area contributed by atoms with E-state index in [1.165, 1.54) is 13.0 Å². The predicted octanol–water partition coefficient (Wildman–Crippen LogP) is 3.36. The van der Waals surface area contributed by atoms with Crippen molar-refractivity contribution in [3.05, 3.63) is 52.6 Å². The molecule has 1 aliphatic rings. The molecule has 0 heterocycles. The van der Waals surface area contributed by atoms with Crippen molar-refractivity contribution >= 4 is 29.0 Å². The third-order valence-electron chi connectivity index (χ3n) is 3.61. The zero-order valence-electron chi connectivity index (χ0n) is 12.5. The van der Waals surface area contributed by atoms with E-state index in [4.69, 9.17) is 11.6 Å². The maximum absolute atomic E-state index is 12.3. The first-order chi connectivity index (χ1) is 10.4. The van der Waals surface area contributed by atoms with Gasteiger partial charge >= 0.3 is 0 Å². The Morgan fingerprint density at radius 1 is 1.36 bits per heavy atom. The molecule has 2 atom stereocenters. The van der Waals surface area contributed by atoms with E-state index >= 15 is 0 Å². The summed E-state index contributed by atoms with van der Waals surface area (Å²) in [6.07, 6.45) is 5.14. The van der Waals surface area contributed by atoms with Crippen LogP contribution in [-0.2, 0) is 4.79 Å². The van der Waals surface area contributed by atoms with Crippen molar-refractivity contribution in [1.82, 2.24) is 0 Å². The molecule has 1 aromatic carbocycles. The number of allylic oxidation sites excluding steroid dienone is 2. The van der Waals surface area contributed by atoms with Crippen molar-refractivity contribution < 1.29 is 14.7 Å². The number of ketones is 1. The Hall–Kier alpha value is -1.91. The highest BCUT2D eigenvalue weighted by atomic mass is 35.5. The Kier molecular flexibility index (Phi) is 5.16. The van der Waals surface area contributed by atoms with Gasteiger partial charge in [-0.2, -0.15) is 0 Å². The summed E-state index contributed by atoms with van der Waals surface area (Å²) in [5, 5.41) is 12.9. The van der Waals surface area contributed by atoms with Crippen LogP contribution in [-0.4, -0.2) is 22.9 Å². The van der Waals surface area contributed by atoms with Gasteiger partial charge in [0.25, 0.3) is 0 Å². The number of hydrogen-bond acceptors (Lipinski definition) is 3. The number of carbonyl (C=O) groups excluding carboxylic acids is 2. The van der Waals surface area contributed by atoms with Crippen molar-refractivity contribution in [3.63, 3.8) is 0 Å². The molecule has 0 aromatic heterocycles. The lowest BCUT2D eigenvalue weighted by atomic mass is 9.91. The second kappa shape index (κ2) is 6.90. The number of carbonyl (C=O) groups is 2. The van der Waals surface area contributed by atoms with Crippen LogP contribution in [0.5, 0.6) is 0 Å². The molecule has 0 saturated heterocycles. The number of Topliss-reactive ketones (excluding diaryl/α,β-unsaturated/α-hetero) is 1. The number of hydrogen-bond donors (Lipinski definition) is 2. The molecule has 116 valence electrons. The third-order valence-corrected chi connectivity index (χ3v) is 3.93. The molecule has 2 N–H and O–H groups in total. The van der Waals surface area contributed by atoms with E-state index in [1.807, 2.05) is 13.0 Å². The van der Waals surface area contributed by atoms with Crippen molar-refractivity contribution in [2.45, 2.75) is 26.4 Å². The molecule has 0 radical (unpaired) electrons. The Labute approximate surface area is 134 Å². The Morgan fingerprint density at radius 3 is 2.68 bits per heavy atom. The van der Waals surface area contributed by atoms with E-state index < -0.39 is 12.0 Å². The van der Waals surface area contributed by atoms with Gasteiger partial charge in [-0.25, -0.2) is 0 Å². The average Bonchev–Trinajstić information content (AvgIpc) is 2.49.